The minimum atomic E-state index is -3.86. The summed E-state index contributed by atoms with van der Waals surface area (Å²) in [6.07, 6.45) is 3.02. The molecule has 0 aromatic heterocycles. The zero-order valence-electron chi connectivity index (χ0n) is 14.8. The summed E-state index contributed by atoms with van der Waals surface area (Å²) in [6.45, 7) is 1.48. The smallest absolute Gasteiger partial charge is 0.324 e. The minimum Gasteiger partial charge on any atom is -0.451 e. The van der Waals surface area contributed by atoms with Crippen molar-refractivity contribution in [3.63, 3.8) is 0 Å². The summed E-state index contributed by atoms with van der Waals surface area (Å²) < 4.78 is 32.5. The van der Waals surface area contributed by atoms with E-state index in [1.54, 1.807) is 18.2 Å². The van der Waals surface area contributed by atoms with E-state index in [2.05, 4.69) is 10.0 Å². The second-order valence-corrected chi connectivity index (χ2v) is 8.83. The van der Waals surface area contributed by atoms with Crippen LogP contribution in [0.1, 0.15) is 26.2 Å². The molecule has 0 heterocycles. The van der Waals surface area contributed by atoms with Crippen LogP contribution in [0.5, 0.6) is 0 Å². The Labute approximate surface area is 158 Å². The van der Waals surface area contributed by atoms with Gasteiger partial charge in [0.2, 0.25) is 10.0 Å². The number of carbonyl (C=O) groups excluding carboxylic acids is 2. The molecule has 1 aromatic rings. The summed E-state index contributed by atoms with van der Waals surface area (Å²) >= 11 is 1.49. The maximum absolute atomic E-state index is 12.5. The summed E-state index contributed by atoms with van der Waals surface area (Å²) in [6, 6.07) is 6.92. The SMILES string of the molecule is CSCC[C@@H](NS(=O)(=O)c1ccccc1)C(=O)O[C@@H](C)C(=O)NC1CC1. The van der Waals surface area contributed by atoms with Crippen molar-refractivity contribution < 1.29 is 22.7 Å². The first-order chi connectivity index (χ1) is 12.3. The van der Waals surface area contributed by atoms with Crippen LogP contribution in [0.4, 0.5) is 0 Å². The third-order valence-corrected chi connectivity index (χ3v) is 5.96. The Hall–Kier alpha value is -1.58. The van der Waals surface area contributed by atoms with Crippen LogP contribution < -0.4 is 10.0 Å². The number of benzene rings is 1. The van der Waals surface area contributed by atoms with Crippen molar-refractivity contribution >= 4 is 33.7 Å². The summed E-state index contributed by atoms with van der Waals surface area (Å²) in [5.74, 6) is -0.549. The van der Waals surface area contributed by atoms with Crippen molar-refractivity contribution in [1.82, 2.24) is 10.0 Å². The van der Waals surface area contributed by atoms with E-state index in [1.807, 2.05) is 6.26 Å². The molecule has 1 aromatic carbocycles. The van der Waals surface area contributed by atoms with E-state index in [0.717, 1.165) is 12.8 Å². The predicted octanol–water partition coefficient (Wildman–Crippen LogP) is 1.30. The van der Waals surface area contributed by atoms with Gasteiger partial charge in [0.05, 0.1) is 4.90 Å². The standard InChI is InChI=1S/C17H24N2O5S2/c1-12(16(20)18-13-8-9-13)24-17(21)15(10-11-25-2)19-26(22,23)14-6-4-3-5-7-14/h3-7,12-13,15,19H,8-11H2,1-2H3,(H,18,20)/t12-,15+/m0/s1. The molecule has 0 spiro atoms. The number of esters is 1. The highest BCUT2D eigenvalue weighted by molar-refractivity contribution is 7.98. The molecular formula is C17H24N2O5S2. The third-order valence-electron chi connectivity index (χ3n) is 3.83. The van der Waals surface area contributed by atoms with Gasteiger partial charge >= 0.3 is 5.97 Å². The first kappa shape index (κ1) is 20.7. The van der Waals surface area contributed by atoms with Crippen LogP contribution in [-0.2, 0) is 24.3 Å². The molecule has 0 saturated heterocycles. The molecule has 1 fully saturated rings. The molecule has 0 aliphatic heterocycles. The number of rotatable bonds is 10. The molecule has 1 amide bonds. The predicted molar refractivity (Wildman–Crippen MR) is 100 cm³/mol. The molecule has 1 aliphatic carbocycles. The van der Waals surface area contributed by atoms with Crippen LogP contribution in [0.3, 0.4) is 0 Å². The highest BCUT2D eigenvalue weighted by Gasteiger charge is 2.31. The molecule has 2 atom stereocenters. The summed E-state index contributed by atoms with van der Waals surface area (Å²) in [5.41, 5.74) is 0. The number of thioether (sulfide) groups is 1. The molecule has 1 saturated carbocycles. The van der Waals surface area contributed by atoms with Gasteiger partial charge in [-0.25, -0.2) is 8.42 Å². The Morgan fingerprint density at radius 1 is 1.27 bits per heavy atom. The molecule has 0 unspecified atom stereocenters. The summed E-state index contributed by atoms with van der Waals surface area (Å²) in [4.78, 5) is 24.4. The molecule has 2 N–H and O–H groups in total. The lowest BCUT2D eigenvalue weighted by molar-refractivity contribution is -0.156. The van der Waals surface area contributed by atoms with Crippen molar-refractivity contribution in [3.05, 3.63) is 30.3 Å². The fraction of sp³-hybridized carbons (Fsp3) is 0.529. The molecule has 0 radical (unpaired) electrons. The monoisotopic (exact) mass is 400 g/mol. The van der Waals surface area contributed by atoms with E-state index >= 15 is 0 Å². The Balaban J connectivity index is 2.02. The van der Waals surface area contributed by atoms with E-state index in [9.17, 15) is 18.0 Å². The van der Waals surface area contributed by atoms with Crippen molar-refractivity contribution in [2.75, 3.05) is 12.0 Å². The van der Waals surface area contributed by atoms with Crippen LogP contribution >= 0.6 is 11.8 Å². The lowest BCUT2D eigenvalue weighted by Gasteiger charge is -2.20. The maximum atomic E-state index is 12.5. The fourth-order valence-electron chi connectivity index (χ4n) is 2.17. The zero-order chi connectivity index (χ0) is 19.2. The topological polar surface area (TPSA) is 102 Å². The summed E-state index contributed by atoms with van der Waals surface area (Å²) in [7, 11) is -3.86. The minimum absolute atomic E-state index is 0.0708. The van der Waals surface area contributed by atoms with Crippen LogP contribution in [0.15, 0.2) is 35.2 Å². The maximum Gasteiger partial charge on any atom is 0.324 e. The molecule has 7 nitrogen and oxygen atoms in total. The highest BCUT2D eigenvalue weighted by atomic mass is 32.2. The van der Waals surface area contributed by atoms with E-state index in [0.29, 0.717) is 5.75 Å². The first-order valence-electron chi connectivity index (χ1n) is 8.40. The molecule has 0 bridgehead atoms. The van der Waals surface area contributed by atoms with E-state index in [4.69, 9.17) is 4.74 Å². The molecule has 26 heavy (non-hydrogen) atoms. The second-order valence-electron chi connectivity index (χ2n) is 6.13. The van der Waals surface area contributed by atoms with Crippen LogP contribution in [0, 0.1) is 0 Å². The molecular weight excluding hydrogens is 376 g/mol. The van der Waals surface area contributed by atoms with Gasteiger partial charge < -0.3 is 10.1 Å². The number of nitrogens with one attached hydrogen (secondary N) is 2. The summed E-state index contributed by atoms with van der Waals surface area (Å²) in [5, 5.41) is 2.76. The normalized spacial score (nSPS) is 16.5. The number of hydrogen-bond donors (Lipinski definition) is 2. The lowest BCUT2D eigenvalue weighted by Crippen LogP contribution is -2.45. The van der Waals surface area contributed by atoms with Gasteiger partial charge in [-0.3, -0.25) is 9.59 Å². The van der Waals surface area contributed by atoms with E-state index < -0.39 is 28.1 Å². The van der Waals surface area contributed by atoms with Crippen molar-refractivity contribution in [1.29, 1.82) is 0 Å². The van der Waals surface area contributed by atoms with Crippen LogP contribution in [0.2, 0.25) is 0 Å². The van der Waals surface area contributed by atoms with Crippen molar-refractivity contribution in [3.8, 4) is 0 Å². The molecule has 9 heteroatoms. The molecule has 1 aliphatic rings. The van der Waals surface area contributed by atoms with Gasteiger partial charge in [0.1, 0.15) is 6.04 Å². The number of ether oxygens (including phenoxy) is 1. The number of amides is 1. The Bertz CT molecular complexity index is 720. The van der Waals surface area contributed by atoms with E-state index in [1.165, 1.54) is 30.8 Å². The molecule has 2 rings (SSSR count). The van der Waals surface area contributed by atoms with Crippen LogP contribution in [0.25, 0.3) is 0 Å². The second kappa shape index (κ2) is 9.38. The van der Waals surface area contributed by atoms with Crippen LogP contribution in [-0.4, -0.2) is 50.5 Å². The Morgan fingerprint density at radius 2 is 1.92 bits per heavy atom. The quantitative estimate of drug-likeness (QED) is 0.574. The zero-order valence-corrected chi connectivity index (χ0v) is 16.4. The van der Waals surface area contributed by atoms with Crippen molar-refractivity contribution in [2.24, 2.45) is 0 Å². The van der Waals surface area contributed by atoms with Gasteiger partial charge in [0.25, 0.3) is 5.91 Å². The van der Waals surface area contributed by atoms with Gasteiger partial charge in [0.15, 0.2) is 6.10 Å². The first-order valence-corrected chi connectivity index (χ1v) is 11.3. The van der Waals surface area contributed by atoms with Gasteiger partial charge in [-0.2, -0.15) is 16.5 Å². The molecule has 144 valence electrons. The fourth-order valence-corrected chi connectivity index (χ4v) is 3.88. The third kappa shape index (κ3) is 6.30. The van der Waals surface area contributed by atoms with Gasteiger partial charge in [-0.05, 0) is 50.3 Å². The lowest BCUT2D eigenvalue weighted by atomic mass is 10.2. The van der Waals surface area contributed by atoms with Gasteiger partial charge in [-0.15, -0.1) is 0 Å². The number of carbonyl (C=O) groups is 2. The number of hydrogen-bond acceptors (Lipinski definition) is 6. The number of sulfonamides is 1. The Morgan fingerprint density at radius 3 is 2.50 bits per heavy atom. The Kier molecular flexibility index (Phi) is 7.48. The van der Waals surface area contributed by atoms with Gasteiger partial charge in [-0.1, -0.05) is 18.2 Å². The van der Waals surface area contributed by atoms with E-state index in [-0.39, 0.29) is 23.3 Å². The highest BCUT2D eigenvalue weighted by Crippen LogP contribution is 2.19. The largest absolute Gasteiger partial charge is 0.451 e. The average molecular weight is 401 g/mol. The van der Waals surface area contributed by atoms with Crippen molar-refractivity contribution in [2.45, 2.75) is 49.3 Å². The average Bonchev–Trinajstić information content (AvgIpc) is 3.43. The van der Waals surface area contributed by atoms with Gasteiger partial charge in [0, 0.05) is 6.04 Å².